The summed E-state index contributed by atoms with van der Waals surface area (Å²) in [6.45, 7) is 3.11. The number of nitrogens with zero attached hydrogens (tertiary/aromatic N) is 1. The van der Waals surface area contributed by atoms with Crippen LogP contribution in [-0.4, -0.2) is 31.7 Å². The maximum absolute atomic E-state index is 12.4. The normalized spacial score (nSPS) is 21.6. The molecule has 0 N–H and O–H groups in total. The lowest BCUT2D eigenvalue weighted by Gasteiger charge is -2.14. The van der Waals surface area contributed by atoms with E-state index in [1.807, 2.05) is 6.92 Å². The van der Waals surface area contributed by atoms with Crippen LogP contribution in [0.3, 0.4) is 0 Å². The number of hydrogen-bond donors (Lipinski definition) is 0. The van der Waals surface area contributed by atoms with Gasteiger partial charge in [0.2, 0.25) is 0 Å². The molecule has 1 fully saturated rings. The minimum absolute atomic E-state index is 0.404. The molecular weight excluding hydrogens is 358 g/mol. The minimum Gasteiger partial charge on any atom is -0.206 e. The fourth-order valence-electron chi connectivity index (χ4n) is 2.09. The molecule has 7 heteroatoms. The van der Waals surface area contributed by atoms with Gasteiger partial charge >= 0.3 is 0 Å². The molecule has 0 radical (unpaired) electrons. The Hall–Kier alpha value is 0.380. The third-order valence-electron chi connectivity index (χ3n) is 3.19. The molecule has 0 bridgehead atoms. The Labute approximate surface area is 125 Å². The zero-order chi connectivity index (χ0) is 13.3. The summed E-state index contributed by atoms with van der Waals surface area (Å²) in [5, 5.41) is 0. The Morgan fingerprint density at radius 1 is 1.61 bits per heavy atom. The molecule has 1 aliphatic rings. The smallest absolute Gasteiger partial charge is 0.206 e. The van der Waals surface area contributed by atoms with Crippen LogP contribution >= 0.6 is 38.9 Å². The van der Waals surface area contributed by atoms with E-state index in [-0.39, 0.29) is 0 Å². The Bertz CT molecular complexity index is 510. The van der Waals surface area contributed by atoms with Gasteiger partial charge in [0.25, 0.3) is 10.0 Å². The number of aryl methyl sites for hydroxylation is 1. The molecule has 0 saturated carbocycles. The molecule has 102 valence electrons. The van der Waals surface area contributed by atoms with Gasteiger partial charge in [-0.25, -0.2) is 8.42 Å². The highest BCUT2D eigenvalue weighted by Crippen LogP contribution is 2.34. The molecule has 1 saturated heterocycles. The van der Waals surface area contributed by atoms with E-state index < -0.39 is 10.0 Å². The lowest BCUT2D eigenvalue weighted by Crippen LogP contribution is -2.28. The molecule has 1 aromatic rings. The van der Waals surface area contributed by atoms with Crippen LogP contribution in [0.5, 0.6) is 0 Å². The first-order valence-electron chi connectivity index (χ1n) is 5.77. The molecule has 1 aromatic heterocycles. The van der Waals surface area contributed by atoms with Gasteiger partial charge in [0.1, 0.15) is 4.21 Å². The second-order valence-electron chi connectivity index (χ2n) is 4.52. The molecule has 1 atom stereocenters. The first-order chi connectivity index (χ1) is 8.45. The number of sulfonamides is 1. The highest BCUT2D eigenvalue weighted by Gasteiger charge is 2.33. The lowest BCUT2D eigenvalue weighted by atomic mass is 10.1. The predicted octanol–water partition coefficient (Wildman–Crippen LogP) is 3.46. The fraction of sp³-hybridized carbons (Fsp3) is 0.636. The van der Waals surface area contributed by atoms with Gasteiger partial charge in [-0.1, -0.05) is 0 Å². The molecule has 0 spiro atoms. The van der Waals surface area contributed by atoms with Crippen LogP contribution in [0.15, 0.2) is 14.1 Å². The number of alkyl halides is 1. The lowest BCUT2D eigenvalue weighted by molar-refractivity contribution is 0.455. The third kappa shape index (κ3) is 2.93. The van der Waals surface area contributed by atoms with Crippen LogP contribution in [0.4, 0.5) is 0 Å². The van der Waals surface area contributed by atoms with Crippen LogP contribution in [0, 0.1) is 12.8 Å². The maximum Gasteiger partial charge on any atom is 0.252 e. The van der Waals surface area contributed by atoms with Crippen molar-refractivity contribution in [3.8, 4) is 0 Å². The van der Waals surface area contributed by atoms with Crippen molar-refractivity contribution < 1.29 is 8.42 Å². The van der Waals surface area contributed by atoms with Crippen LogP contribution < -0.4 is 0 Å². The SMILES string of the molecule is Cc1cc(S(=O)(=O)N2CCC(CCCl)C2)sc1Br. The van der Waals surface area contributed by atoms with Gasteiger partial charge < -0.3 is 0 Å². The molecule has 0 amide bonds. The average Bonchev–Trinajstić information content (AvgIpc) is 2.88. The molecule has 1 unspecified atom stereocenters. The van der Waals surface area contributed by atoms with E-state index in [0.717, 1.165) is 22.2 Å². The van der Waals surface area contributed by atoms with Crippen molar-refractivity contribution in [2.24, 2.45) is 5.92 Å². The van der Waals surface area contributed by atoms with E-state index >= 15 is 0 Å². The van der Waals surface area contributed by atoms with Crippen LogP contribution in [0.25, 0.3) is 0 Å². The topological polar surface area (TPSA) is 37.4 Å². The second kappa shape index (κ2) is 5.79. The van der Waals surface area contributed by atoms with Gasteiger partial charge in [0, 0.05) is 19.0 Å². The van der Waals surface area contributed by atoms with Gasteiger partial charge in [-0.15, -0.1) is 22.9 Å². The van der Waals surface area contributed by atoms with Gasteiger partial charge in [-0.3, -0.25) is 0 Å². The number of hydrogen-bond acceptors (Lipinski definition) is 3. The molecule has 2 heterocycles. The van der Waals surface area contributed by atoms with Crippen molar-refractivity contribution in [1.82, 2.24) is 4.31 Å². The Morgan fingerprint density at radius 3 is 2.89 bits per heavy atom. The number of rotatable bonds is 4. The molecular formula is C11H15BrClNO2S2. The summed E-state index contributed by atoms with van der Waals surface area (Å²) in [5.41, 5.74) is 0.968. The summed E-state index contributed by atoms with van der Waals surface area (Å²) in [6, 6.07) is 1.74. The zero-order valence-corrected chi connectivity index (χ0v) is 14.0. The van der Waals surface area contributed by atoms with Crippen molar-refractivity contribution in [1.29, 1.82) is 0 Å². The summed E-state index contributed by atoms with van der Waals surface area (Å²) in [5.74, 6) is 1.00. The quantitative estimate of drug-likeness (QED) is 0.759. The van der Waals surface area contributed by atoms with Gasteiger partial charge in [-0.2, -0.15) is 4.31 Å². The molecule has 0 aromatic carbocycles. The van der Waals surface area contributed by atoms with Crippen molar-refractivity contribution >= 4 is 48.9 Å². The van der Waals surface area contributed by atoms with Crippen LogP contribution in [-0.2, 0) is 10.0 Å². The highest BCUT2D eigenvalue weighted by atomic mass is 79.9. The summed E-state index contributed by atoms with van der Waals surface area (Å²) >= 11 is 10.4. The van der Waals surface area contributed by atoms with Gasteiger partial charge in [-0.05, 0) is 53.2 Å². The van der Waals surface area contributed by atoms with E-state index in [4.69, 9.17) is 11.6 Å². The monoisotopic (exact) mass is 371 g/mol. The first-order valence-corrected chi connectivity index (χ1v) is 9.35. The van der Waals surface area contributed by atoms with Crippen molar-refractivity contribution in [3.05, 3.63) is 15.4 Å². The van der Waals surface area contributed by atoms with E-state index in [1.54, 1.807) is 10.4 Å². The number of thiophene rings is 1. The van der Waals surface area contributed by atoms with E-state index in [1.165, 1.54) is 11.3 Å². The van der Waals surface area contributed by atoms with Crippen molar-refractivity contribution in [3.63, 3.8) is 0 Å². The molecule has 1 aliphatic heterocycles. The highest BCUT2D eigenvalue weighted by molar-refractivity contribution is 9.11. The molecule has 2 rings (SSSR count). The number of halogens is 2. The Kier molecular flexibility index (Phi) is 4.75. The first kappa shape index (κ1) is 14.8. The van der Waals surface area contributed by atoms with E-state index in [9.17, 15) is 8.42 Å². The molecule has 18 heavy (non-hydrogen) atoms. The average molecular weight is 373 g/mol. The standard InChI is InChI=1S/C11H15BrClNO2S2/c1-8-6-10(17-11(8)12)18(15,16)14-5-3-9(7-14)2-4-13/h6,9H,2-5,7H2,1H3. The van der Waals surface area contributed by atoms with Crippen molar-refractivity contribution in [2.45, 2.75) is 24.0 Å². The largest absolute Gasteiger partial charge is 0.252 e. The summed E-state index contributed by atoms with van der Waals surface area (Å²) < 4.78 is 27.8. The van der Waals surface area contributed by atoms with Gasteiger partial charge in [0.15, 0.2) is 0 Å². The van der Waals surface area contributed by atoms with E-state index in [2.05, 4.69) is 15.9 Å². The zero-order valence-electron chi connectivity index (χ0n) is 10.0. The second-order valence-corrected chi connectivity index (χ2v) is 9.43. The fourth-order valence-corrected chi connectivity index (χ4v) is 6.31. The Balaban J connectivity index is 2.17. The van der Waals surface area contributed by atoms with Crippen molar-refractivity contribution in [2.75, 3.05) is 19.0 Å². The van der Waals surface area contributed by atoms with Crippen LogP contribution in [0.2, 0.25) is 0 Å². The molecule has 0 aliphatic carbocycles. The predicted molar refractivity (Wildman–Crippen MR) is 79.0 cm³/mol. The maximum atomic E-state index is 12.4. The van der Waals surface area contributed by atoms with E-state index in [0.29, 0.717) is 29.1 Å². The summed E-state index contributed by atoms with van der Waals surface area (Å²) in [4.78, 5) is 0. The summed E-state index contributed by atoms with van der Waals surface area (Å²) in [6.07, 6.45) is 1.80. The molecule has 3 nitrogen and oxygen atoms in total. The minimum atomic E-state index is -3.31. The van der Waals surface area contributed by atoms with Crippen LogP contribution in [0.1, 0.15) is 18.4 Å². The Morgan fingerprint density at radius 2 is 2.33 bits per heavy atom. The van der Waals surface area contributed by atoms with Gasteiger partial charge in [0.05, 0.1) is 3.79 Å². The summed E-state index contributed by atoms with van der Waals surface area (Å²) in [7, 11) is -3.31. The third-order valence-corrected chi connectivity index (χ3v) is 7.86.